The topological polar surface area (TPSA) is 122 Å². The number of ether oxygens (including phenoxy) is 1. The molecule has 2 unspecified atom stereocenters. The van der Waals surface area contributed by atoms with Gasteiger partial charge >= 0.3 is 11.8 Å². The van der Waals surface area contributed by atoms with Gasteiger partial charge in [-0.15, -0.1) is 0 Å². The fraction of sp³-hybridized carbons (Fsp3) is 0.500. The molecule has 0 aliphatic rings. The molecule has 0 aliphatic heterocycles. The molecule has 0 aliphatic carbocycles. The minimum absolute atomic E-state index is 0.307. The highest BCUT2D eigenvalue weighted by Gasteiger charge is 2.27. The van der Waals surface area contributed by atoms with Crippen LogP contribution in [0.1, 0.15) is 32.4 Å². The van der Waals surface area contributed by atoms with Gasteiger partial charge in [-0.25, -0.2) is 9.18 Å². The van der Waals surface area contributed by atoms with E-state index in [9.17, 15) is 33.9 Å². The fourth-order valence-electron chi connectivity index (χ4n) is 1.74. The van der Waals surface area contributed by atoms with Gasteiger partial charge in [0.2, 0.25) is 5.82 Å². The summed E-state index contributed by atoms with van der Waals surface area (Å²) in [5.74, 6) is -2.62. The van der Waals surface area contributed by atoms with Crippen LogP contribution in [0.15, 0.2) is 12.1 Å². The monoisotopic (exact) mass is 348 g/mol. The van der Waals surface area contributed by atoms with E-state index in [1.165, 1.54) is 0 Å². The van der Waals surface area contributed by atoms with Gasteiger partial charge in [-0.05, 0) is 26.8 Å². The number of carbonyl (C=O) groups is 1. The lowest BCUT2D eigenvalue weighted by molar-refractivity contribution is -0.387. The molecule has 1 aromatic carbocycles. The van der Waals surface area contributed by atoms with E-state index in [1.807, 2.05) is 0 Å². The van der Waals surface area contributed by atoms with E-state index in [2.05, 4.69) is 5.32 Å². The molecule has 0 heterocycles. The molecular formula is C14H18F2N2O6. The number of carbonyl (C=O) groups excluding carboxylic acids is 1. The van der Waals surface area contributed by atoms with Crippen molar-refractivity contribution in [3.05, 3.63) is 39.4 Å². The molecule has 0 fully saturated rings. The van der Waals surface area contributed by atoms with Crippen molar-refractivity contribution < 1.29 is 33.4 Å². The second-order valence-electron chi connectivity index (χ2n) is 5.98. The summed E-state index contributed by atoms with van der Waals surface area (Å²) in [6, 6.07) is 0.733. The maximum Gasteiger partial charge on any atom is 0.407 e. The lowest BCUT2D eigenvalue weighted by atomic mass is 10.0. The molecule has 0 saturated carbocycles. The Hall–Kier alpha value is -2.33. The van der Waals surface area contributed by atoms with Gasteiger partial charge in [-0.3, -0.25) is 10.1 Å². The number of nitrogens with one attached hydrogen (secondary N) is 1. The third-order valence-corrected chi connectivity index (χ3v) is 2.80. The Morgan fingerprint density at radius 2 is 1.92 bits per heavy atom. The highest BCUT2D eigenvalue weighted by molar-refractivity contribution is 5.67. The van der Waals surface area contributed by atoms with Gasteiger partial charge in [-0.2, -0.15) is 4.39 Å². The fourth-order valence-corrected chi connectivity index (χ4v) is 1.74. The SMILES string of the molecule is CC(C)(C)OC(=O)NCC(O)C(O)c1cc(F)c([N+](=O)[O-])cc1F. The maximum atomic E-state index is 13.8. The number of nitro benzene ring substituents is 1. The summed E-state index contributed by atoms with van der Waals surface area (Å²) in [6.07, 6.45) is -4.47. The zero-order valence-corrected chi connectivity index (χ0v) is 13.2. The molecular weight excluding hydrogens is 330 g/mol. The molecule has 3 N–H and O–H groups in total. The molecule has 8 nitrogen and oxygen atoms in total. The molecule has 24 heavy (non-hydrogen) atoms. The highest BCUT2D eigenvalue weighted by atomic mass is 19.1. The normalized spacial score (nSPS) is 14.0. The number of benzene rings is 1. The van der Waals surface area contributed by atoms with Crippen molar-refractivity contribution in [1.29, 1.82) is 0 Å². The maximum absolute atomic E-state index is 13.8. The van der Waals surface area contributed by atoms with Crippen molar-refractivity contribution in [3.63, 3.8) is 0 Å². The van der Waals surface area contributed by atoms with Crippen molar-refractivity contribution >= 4 is 11.8 Å². The molecule has 0 bridgehead atoms. The van der Waals surface area contributed by atoms with Gasteiger partial charge in [-0.1, -0.05) is 0 Å². The first-order valence-electron chi connectivity index (χ1n) is 6.88. The van der Waals surface area contributed by atoms with Crippen LogP contribution in [0.5, 0.6) is 0 Å². The largest absolute Gasteiger partial charge is 0.444 e. The lowest BCUT2D eigenvalue weighted by Gasteiger charge is -2.22. The van der Waals surface area contributed by atoms with Crippen LogP contribution in [0.25, 0.3) is 0 Å². The molecule has 0 radical (unpaired) electrons. The summed E-state index contributed by atoms with van der Waals surface area (Å²) < 4.78 is 32.2. The molecule has 134 valence electrons. The summed E-state index contributed by atoms with van der Waals surface area (Å²) in [5, 5.41) is 32.3. The molecule has 2 atom stereocenters. The number of aliphatic hydroxyl groups excluding tert-OH is 2. The molecule has 1 rings (SSSR count). The molecule has 10 heteroatoms. The van der Waals surface area contributed by atoms with Crippen LogP contribution < -0.4 is 5.32 Å². The third kappa shape index (κ3) is 5.39. The number of hydrogen-bond donors (Lipinski definition) is 3. The Balaban J connectivity index is 2.79. The Bertz CT molecular complexity index is 632. The van der Waals surface area contributed by atoms with Crippen LogP contribution in [-0.4, -0.2) is 39.5 Å². The molecule has 1 aromatic rings. The van der Waals surface area contributed by atoms with Crippen molar-refractivity contribution in [3.8, 4) is 0 Å². The summed E-state index contributed by atoms with van der Waals surface area (Å²) in [5.41, 5.74) is -2.54. The van der Waals surface area contributed by atoms with Crippen LogP contribution in [-0.2, 0) is 4.74 Å². The average molecular weight is 348 g/mol. The summed E-state index contributed by atoms with van der Waals surface area (Å²) >= 11 is 0. The Kier molecular flexibility index (Phi) is 6.16. The second-order valence-corrected chi connectivity index (χ2v) is 5.98. The first-order chi connectivity index (χ1) is 10.9. The Labute approximate surface area is 136 Å². The van der Waals surface area contributed by atoms with Gasteiger partial charge < -0.3 is 20.3 Å². The number of amides is 1. The number of alkyl carbamates (subject to hydrolysis) is 1. The standard InChI is InChI=1S/C14H18F2N2O6/c1-14(2,3)24-13(21)17-6-11(19)12(20)7-4-9(16)10(18(22)23)5-8(7)15/h4-5,11-12,19-20H,6H2,1-3H3,(H,17,21). The third-order valence-electron chi connectivity index (χ3n) is 2.80. The molecule has 0 saturated heterocycles. The van der Waals surface area contributed by atoms with Crippen LogP contribution >= 0.6 is 0 Å². The smallest absolute Gasteiger partial charge is 0.407 e. The van der Waals surface area contributed by atoms with Gasteiger partial charge in [0.1, 0.15) is 23.6 Å². The number of aliphatic hydroxyl groups is 2. The van der Waals surface area contributed by atoms with Crippen molar-refractivity contribution in [2.45, 2.75) is 38.6 Å². The van der Waals surface area contributed by atoms with Gasteiger partial charge in [0.15, 0.2) is 0 Å². The van der Waals surface area contributed by atoms with E-state index in [0.717, 1.165) is 0 Å². The number of halogens is 2. The summed E-state index contributed by atoms with van der Waals surface area (Å²) in [4.78, 5) is 20.8. The molecule has 0 spiro atoms. The number of hydrogen-bond acceptors (Lipinski definition) is 6. The predicted octanol–water partition coefficient (Wildman–Crippen LogP) is 1.79. The number of nitro groups is 1. The van der Waals surface area contributed by atoms with Crippen LogP contribution in [0, 0.1) is 21.7 Å². The lowest BCUT2D eigenvalue weighted by Crippen LogP contribution is -2.39. The Morgan fingerprint density at radius 3 is 2.42 bits per heavy atom. The molecule has 0 aromatic heterocycles. The number of nitrogens with zero attached hydrogens (tertiary/aromatic N) is 1. The minimum atomic E-state index is -1.91. The average Bonchev–Trinajstić information content (AvgIpc) is 2.43. The van der Waals surface area contributed by atoms with E-state index < -0.39 is 58.3 Å². The van der Waals surface area contributed by atoms with E-state index in [-0.39, 0.29) is 0 Å². The van der Waals surface area contributed by atoms with Crippen LogP contribution in [0.3, 0.4) is 0 Å². The quantitative estimate of drug-likeness (QED) is 0.551. The van der Waals surface area contributed by atoms with Crippen molar-refractivity contribution in [2.24, 2.45) is 0 Å². The second kappa shape index (κ2) is 7.49. The summed E-state index contributed by atoms with van der Waals surface area (Å²) in [6.45, 7) is 4.35. The van der Waals surface area contributed by atoms with Gasteiger partial charge in [0.25, 0.3) is 0 Å². The first kappa shape index (κ1) is 19.7. The highest BCUT2D eigenvalue weighted by Crippen LogP contribution is 2.27. The zero-order chi connectivity index (χ0) is 18.7. The van der Waals surface area contributed by atoms with E-state index >= 15 is 0 Å². The van der Waals surface area contributed by atoms with E-state index in [1.54, 1.807) is 20.8 Å². The van der Waals surface area contributed by atoms with Gasteiger partial charge in [0.05, 0.1) is 11.0 Å². The number of rotatable bonds is 5. The minimum Gasteiger partial charge on any atom is -0.444 e. The summed E-state index contributed by atoms with van der Waals surface area (Å²) in [7, 11) is 0. The first-order valence-corrected chi connectivity index (χ1v) is 6.88. The van der Waals surface area contributed by atoms with Crippen LogP contribution in [0.4, 0.5) is 19.3 Å². The van der Waals surface area contributed by atoms with Crippen molar-refractivity contribution in [2.75, 3.05) is 6.54 Å². The molecule has 1 amide bonds. The van der Waals surface area contributed by atoms with E-state index in [0.29, 0.717) is 12.1 Å². The van der Waals surface area contributed by atoms with E-state index in [4.69, 9.17) is 4.74 Å². The van der Waals surface area contributed by atoms with Crippen LogP contribution in [0.2, 0.25) is 0 Å². The van der Waals surface area contributed by atoms with Crippen molar-refractivity contribution in [1.82, 2.24) is 5.32 Å². The Morgan fingerprint density at radius 1 is 1.33 bits per heavy atom. The van der Waals surface area contributed by atoms with Gasteiger partial charge in [0, 0.05) is 12.1 Å². The predicted molar refractivity (Wildman–Crippen MR) is 78.2 cm³/mol. The zero-order valence-electron chi connectivity index (χ0n) is 13.2.